The van der Waals surface area contributed by atoms with Crippen molar-refractivity contribution in [3.05, 3.63) is 0 Å². The second-order valence-electron chi connectivity index (χ2n) is 28.5. The molecule has 0 saturated carbocycles. The summed E-state index contributed by atoms with van der Waals surface area (Å²) in [7, 11) is 0. The van der Waals surface area contributed by atoms with Crippen molar-refractivity contribution in [2.45, 2.75) is 495 Å². The highest BCUT2D eigenvalue weighted by atomic mass is 16.5. The Bertz CT molecular complexity index is 1280. The van der Waals surface area contributed by atoms with E-state index in [1.54, 1.807) is 0 Å². The number of amides is 1. The van der Waals surface area contributed by atoms with Crippen LogP contribution in [0.4, 0.5) is 0 Å². The van der Waals surface area contributed by atoms with Crippen LogP contribution in [0.5, 0.6) is 0 Å². The van der Waals surface area contributed by atoms with Crippen LogP contribution in [-0.4, -0.2) is 47.4 Å². The van der Waals surface area contributed by atoms with E-state index < -0.39 is 12.1 Å². The molecule has 2 atom stereocenters. The Labute approximate surface area is 547 Å². The lowest BCUT2D eigenvalue weighted by Gasteiger charge is -2.22. The zero-order chi connectivity index (χ0) is 62.8. The van der Waals surface area contributed by atoms with Crippen molar-refractivity contribution in [3.63, 3.8) is 0 Å². The molecule has 0 aromatic rings. The van der Waals surface area contributed by atoms with E-state index in [0.29, 0.717) is 25.9 Å². The number of aliphatic hydroxyl groups is 2. The van der Waals surface area contributed by atoms with Crippen LogP contribution in [0, 0.1) is 0 Å². The van der Waals surface area contributed by atoms with Gasteiger partial charge in [-0.1, -0.05) is 444 Å². The van der Waals surface area contributed by atoms with E-state index in [-0.39, 0.29) is 18.5 Å². The predicted octanol–water partition coefficient (Wildman–Crippen LogP) is 26.9. The Hall–Kier alpha value is -1.14. The van der Waals surface area contributed by atoms with Crippen molar-refractivity contribution in [2.24, 2.45) is 0 Å². The van der Waals surface area contributed by atoms with E-state index in [2.05, 4.69) is 19.2 Å². The van der Waals surface area contributed by atoms with Gasteiger partial charge < -0.3 is 20.3 Å². The fourth-order valence-corrected chi connectivity index (χ4v) is 13.5. The van der Waals surface area contributed by atoms with Crippen LogP contribution in [-0.2, 0) is 14.3 Å². The summed E-state index contributed by atoms with van der Waals surface area (Å²) in [5.74, 6) is 0.00231. The molecule has 0 aliphatic carbocycles. The molecule has 0 radical (unpaired) electrons. The molecule has 0 aromatic heterocycles. The molecule has 6 heteroatoms. The van der Waals surface area contributed by atoms with Gasteiger partial charge in [0.05, 0.1) is 25.4 Å². The first kappa shape index (κ1) is 85.9. The van der Waals surface area contributed by atoms with Gasteiger partial charge in [-0.3, -0.25) is 9.59 Å². The summed E-state index contributed by atoms with van der Waals surface area (Å²) in [6.45, 7) is 5.02. The fraction of sp³-hybridized carbons (Fsp3) is 0.975. The van der Waals surface area contributed by atoms with Crippen molar-refractivity contribution in [3.8, 4) is 0 Å². The van der Waals surface area contributed by atoms with Crippen LogP contribution in [0.3, 0.4) is 0 Å². The molecule has 0 rings (SSSR count). The third-order valence-electron chi connectivity index (χ3n) is 19.7. The van der Waals surface area contributed by atoms with E-state index in [1.165, 1.54) is 411 Å². The Balaban J connectivity index is 3.31. The number of unbranched alkanes of at least 4 members (excludes halogenated alkanes) is 67. The highest BCUT2D eigenvalue weighted by Crippen LogP contribution is 2.21. The maximum Gasteiger partial charge on any atom is 0.305 e. The van der Waals surface area contributed by atoms with Gasteiger partial charge in [0.2, 0.25) is 5.91 Å². The molecule has 6 nitrogen and oxygen atoms in total. The lowest BCUT2D eigenvalue weighted by atomic mass is 10.0. The van der Waals surface area contributed by atoms with Crippen molar-refractivity contribution >= 4 is 11.9 Å². The summed E-state index contributed by atoms with van der Waals surface area (Å²) >= 11 is 0. The summed E-state index contributed by atoms with van der Waals surface area (Å²) in [5, 5.41) is 23.5. The normalized spacial score (nSPS) is 12.4. The predicted molar refractivity (Wildman–Crippen MR) is 384 cm³/mol. The summed E-state index contributed by atoms with van der Waals surface area (Å²) in [6.07, 6.45) is 96.3. The van der Waals surface area contributed by atoms with Crippen molar-refractivity contribution in [2.75, 3.05) is 13.2 Å². The number of hydrogen-bond acceptors (Lipinski definition) is 5. The van der Waals surface area contributed by atoms with E-state index in [0.717, 1.165) is 38.5 Å². The van der Waals surface area contributed by atoms with Gasteiger partial charge in [0, 0.05) is 12.8 Å². The summed E-state index contributed by atoms with van der Waals surface area (Å²) in [5.41, 5.74) is 0. The van der Waals surface area contributed by atoms with Gasteiger partial charge in [-0.15, -0.1) is 0 Å². The van der Waals surface area contributed by atoms with Crippen molar-refractivity contribution in [1.29, 1.82) is 0 Å². The molecule has 1 amide bonds. The van der Waals surface area contributed by atoms with E-state index in [4.69, 9.17) is 4.74 Å². The first-order valence-electron chi connectivity index (χ1n) is 40.8. The van der Waals surface area contributed by atoms with Gasteiger partial charge in [0.1, 0.15) is 0 Å². The monoisotopic (exact) mass is 1230 g/mol. The third kappa shape index (κ3) is 73.8. The highest BCUT2D eigenvalue weighted by Gasteiger charge is 2.20. The molecule has 0 saturated heterocycles. The van der Waals surface area contributed by atoms with Crippen LogP contribution in [0.25, 0.3) is 0 Å². The maximum absolute atomic E-state index is 12.6. The van der Waals surface area contributed by atoms with Gasteiger partial charge in [-0.05, 0) is 25.7 Å². The fourth-order valence-electron chi connectivity index (χ4n) is 13.5. The maximum atomic E-state index is 12.6. The molecule has 520 valence electrons. The minimum absolute atomic E-state index is 0.0240. The smallest absolute Gasteiger partial charge is 0.305 e. The summed E-state index contributed by atoms with van der Waals surface area (Å²) in [6, 6.07) is -0.538. The Morgan fingerprint density at radius 3 is 0.701 bits per heavy atom. The largest absolute Gasteiger partial charge is 0.466 e. The SMILES string of the molecule is CCCCCCCCCCCCCCCCCCCCCCCCC(O)C(CO)NC(=O)CCCCCCCCCCCCCCCCCCCCCCCCCCCCCCCCCCOC(=O)CCCCCCCCCCCCCCCCCC. The quantitative estimate of drug-likeness (QED) is 0.0417. The minimum atomic E-state index is -0.661. The molecule has 0 heterocycles. The average molecular weight is 1230 g/mol. The van der Waals surface area contributed by atoms with E-state index in [9.17, 15) is 19.8 Å². The molecular weight excluding hydrogens is 1070 g/mol. The van der Waals surface area contributed by atoms with Gasteiger partial charge in [-0.25, -0.2) is 0 Å². The first-order valence-corrected chi connectivity index (χ1v) is 40.8. The van der Waals surface area contributed by atoms with E-state index >= 15 is 0 Å². The second-order valence-corrected chi connectivity index (χ2v) is 28.5. The number of rotatable bonds is 78. The molecule has 0 fully saturated rings. The Morgan fingerprint density at radius 2 is 0.471 bits per heavy atom. The Morgan fingerprint density at radius 1 is 0.276 bits per heavy atom. The number of hydrogen-bond donors (Lipinski definition) is 3. The molecule has 87 heavy (non-hydrogen) atoms. The topological polar surface area (TPSA) is 95.9 Å². The zero-order valence-corrected chi connectivity index (χ0v) is 59.8. The summed E-state index contributed by atoms with van der Waals surface area (Å²) < 4.78 is 5.51. The highest BCUT2D eigenvalue weighted by molar-refractivity contribution is 5.76. The van der Waals surface area contributed by atoms with Gasteiger partial charge in [0.25, 0.3) is 0 Å². The number of carbonyl (C=O) groups excluding carboxylic acids is 2. The molecular formula is C81H161NO5. The first-order chi connectivity index (χ1) is 43.0. The lowest BCUT2D eigenvalue weighted by Crippen LogP contribution is -2.45. The average Bonchev–Trinajstić information content (AvgIpc) is 3.56. The van der Waals surface area contributed by atoms with Gasteiger partial charge in [-0.2, -0.15) is 0 Å². The van der Waals surface area contributed by atoms with Crippen LogP contribution in [0.2, 0.25) is 0 Å². The molecule has 0 aromatic carbocycles. The number of aliphatic hydroxyl groups excluding tert-OH is 2. The molecule has 3 N–H and O–H groups in total. The van der Waals surface area contributed by atoms with Crippen LogP contribution >= 0.6 is 0 Å². The van der Waals surface area contributed by atoms with Crippen molar-refractivity contribution < 1.29 is 24.5 Å². The van der Waals surface area contributed by atoms with Crippen LogP contribution < -0.4 is 5.32 Å². The Kier molecular flexibility index (Phi) is 76.3. The third-order valence-corrected chi connectivity index (χ3v) is 19.7. The number of nitrogens with one attached hydrogen (secondary N) is 1. The molecule has 0 bridgehead atoms. The van der Waals surface area contributed by atoms with Crippen molar-refractivity contribution in [1.82, 2.24) is 5.32 Å². The van der Waals surface area contributed by atoms with Gasteiger partial charge >= 0.3 is 5.97 Å². The molecule has 0 aliphatic heterocycles. The van der Waals surface area contributed by atoms with E-state index in [1.807, 2.05) is 0 Å². The number of carbonyl (C=O) groups is 2. The number of esters is 1. The van der Waals surface area contributed by atoms with Crippen LogP contribution in [0.15, 0.2) is 0 Å². The minimum Gasteiger partial charge on any atom is -0.466 e. The standard InChI is InChI=1S/C81H161NO5/c1-3-5-7-9-11-13-15-17-19-21-22-23-36-39-42-45-49-53-57-61-65-69-73-79(84)78(77-83)82-80(85)74-70-66-62-58-54-50-46-43-40-37-34-32-30-28-26-24-25-27-29-31-33-35-38-41-44-48-52-56-60-64-68-72-76-87-81(86)75-71-67-63-59-55-51-47-20-18-16-14-12-10-8-6-4-2/h78-79,83-84H,3-77H2,1-2H3,(H,82,85). The molecule has 0 spiro atoms. The molecule has 0 aliphatic rings. The van der Waals surface area contributed by atoms with Crippen LogP contribution in [0.1, 0.15) is 483 Å². The number of ether oxygens (including phenoxy) is 1. The molecule has 2 unspecified atom stereocenters. The summed E-state index contributed by atoms with van der Waals surface area (Å²) in [4.78, 5) is 24.7. The van der Waals surface area contributed by atoms with Gasteiger partial charge in [0.15, 0.2) is 0 Å². The zero-order valence-electron chi connectivity index (χ0n) is 59.8. The lowest BCUT2D eigenvalue weighted by molar-refractivity contribution is -0.143. The second kappa shape index (κ2) is 77.3.